The van der Waals surface area contributed by atoms with Gasteiger partial charge in [0.25, 0.3) is 11.7 Å². The molecule has 1 fully saturated rings. The van der Waals surface area contributed by atoms with Crippen LogP contribution in [-0.2, 0) is 9.59 Å². The molecule has 1 aromatic heterocycles. The first-order valence-electron chi connectivity index (χ1n) is 9.76. The summed E-state index contributed by atoms with van der Waals surface area (Å²) in [5, 5.41) is 11.0. The maximum Gasteiger partial charge on any atom is 0.300 e. The maximum atomic E-state index is 13.1. The van der Waals surface area contributed by atoms with E-state index in [0.717, 1.165) is 0 Å². The lowest BCUT2D eigenvalue weighted by atomic mass is 9.99. The van der Waals surface area contributed by atoms with Crippen LogP contribution in [0.4, 0.5) is 5.69 Å². The number of hydrogen-bond donors (Lipinski definition) is 1. The molecule has 1 atom stereocenters. The predicted molar refractivity (Wildman–Crippen MR) is 114 cm³/mol. The van der Waals surface area contributed by atoms with Crippen LogP contribution < -0.4 is 14.4 Å². The molecule has 0 saturated carbocycles. The van der Waals surface area contributed by atoms with E-state index in [-0.39, 0.29) is 11.3 Å². The number of carbonyl (C=O) groups is 2. The molecular weight excluding hydrogens is 398 g/mol. The molecule has 4 rings (SSSR count). The molecule has 31 heavy (non-hydrogen) atoms. The maximum absolute atomic E-state index is 13.1. The van der Waals surface area contributed by atoms with Crippen molar-refractivity contribution in [3.05, 3.63) is 83.8 Å². The van der Waals surface area contributed by atoms with Gasteiger partial charge in [-0.2, -0.15) is 0 Å². The van der Waals surface area contributed by atoms with E-state index in [1.54, 1.807) is 60.7 Å². The molecule has 2 heterocycles. The zero-order chi connectivity index (χ0) is 22.0. The van der Waals surface area contributed by atoms with E-state index in [2.05, 4.69) is 0 Å². The summed E-state index contributed by atoms with van der Waals surface area (Å²) in [6, 6.07) is 15.9. The van der Waals surface area contributed by atoms with Crippen molar-refractivity contribution in [2.45, 2.75) is 13.0 Å². The molecule has 1 unspecified atom stereocenters. The van der Waals surface area contributed by atoms with Crippen LogP contribution in [-0.4, -0.2) is 30.5 Å². The molecule has 1 amide bonds. The van der Waals surface area contributed by atoms with E-state index in [1.165, 1.54) is 18.3 Å². The molecule has 1 aliphatic heterocycles. The second-order valence-electron chi connectivity index (χ2n) is 6.84. The second kappa shape index (κ2) is 8.39. The van der Waals surface area contributed by atoms with Gasteiger partial charge < -0.3 is 19.0 Å². The Labute approximate surface area is 179 Å². The molecule has 2 aromatic carbocycles. The number of ketones is 1. The highest BCUT2D eigenvalue weighted by atomic mass is 16.5. The van der Waals surface area contributed by atoms with Gasteiger partial charge in [0.1, 0.15) is 29.1 Å². The Morgan fingerprint density at radius 3 is 2.48 bits per heavy atom. The lowest BCUT2D eigenvalue weighted by Crippen LogP contribution is -2.29. The molecule has 0 aliphatic carbocycles. The highest BCUT2D eigenvalue weighted by Crippen LogP contribution is 2.43. The Morgan fingerprint density at radius 1 is 1.06 bits per heavy atom. The van der Waals surface area contributed by atoms with Gasteiger partial charge in [-0.1, -0.05) is 6.07 Å². The number of Topliss-reactive ketones (excluding diaryl/α,β-unsaturated/α-hetero) is 1. The van der Waals surface area contributed by atoms with Gasteiger partial charge in [-0.05, 0) is 55.5 Å². The average molecular weight is 419 g/mol. The molecule has 0 bridgehead atoms. The summed E-state index contributed by atoms with van der Waals surface area (Å²) in [6.07, 6.45) is 1.46. The van der Waals surface area contributed by atoms with Gasteiger partial charge in [0.05, 0.1) is 25.6 Å². The minimum Gasteiger partial charge on any atom is -0.507 e. The number of aliphatic hydroxyl groups excluding tert-OH is 1. The molecule has 158 valence electrons. The first-order valence-corrected chi connectivity index (χ1v) is 9.76. The Balaban J connectivity index is 1.86. The van der Waals surface area contributed by atoms with E-state index >= 15 is 0 Å². The van der Waals surface area contributed by atoms with Crippen molar-refractivity contribution in [1.29, 1.82) is 0 Å². The number of hydrogen-bond acceptors (Lipinski definition) is 6. The number of methoxy groups -OCH3 is 1. The molecular formula is C24H21NO6. The fourth-order valence-electron chi connectivity index (χ4n) is 3.61. The Kier molecular flexibility index (Phi) is 5.49. The number of rotatable bonds is 6. The van der Waals surface area contributed by atoms with Gasteiger partial charge in [-0.15, -0.1) is 0 Å². The van der Waals surface area contributed by atoms with Crippen LogP contribution in [0.15, 0.2) is 76.9 Å². The van der Waals surface area contributed by atoms with Crippen LogP contribution >= 0.6 is 0 Å². The molecule has 1 aliphatic rings. The molecule has 7 heteroatoms. The summed E-state index contributed by atoms with van der Waals surface area (Å²) in [4.78, 5) is 27.4. The standard InChI is InChI=1S/C24H21NO6/c1-3-30-18-7-4-6-16(14-18)25-21(19-8-5-13-31-19)20(23(27)24(25)28)22(26)15-9-11-17(29-2)12-10-15/h4-14,21,26H,3H2,1-2H3/b22-20-. The summed E-state index contributed by atoms with van der Waals surface area (Å²) in [5.41, 5.74) is 0.800. The topological polar surface area (TPSA) is 89.2 Å². The molecule has 0 spiro atoms. The summed E-state index contributed by atoms with van der Waals surface area (Å²) >= 11 is 0. The van der Waals surface area contributed by atoms with Crippen LogP contribution in [0.3, 0.4) is 0 Å². The van der Waals surface area contributed by atoms with Crippen LogP contribution in [0.1, 0.15) is 24.3 Å². The smallest absolute Gasteiger partial charge is 0.300 e. The van der Waals surface area contributed by atoms with Gasteiger partial charge >= 0.3 is 0 Å². The number of benzene rings is 2. The summed E-state index contributed by atoms with van der Waals surface area (Å²) < 4.78 is 16.2. The lowest BCUT2D eigenvalue weighted by molar-refractivity contribution is -0.132. The Bertz CT molecular complexity index is 1130. The van der Waals surface area contributed by atoms with E-state index in [0.29, 0.717) is 35.1 Å². The largest absolute Gasteiger partial charge is 0.507 e. The van der Waals surface area contributed by atoms with Crippen molar-refractivity contribution < 1.29 is 28.6 Å². The van der Waals surface area contributed by atoms with Crippen molar-refractivity contribution in [3.8, 4) is 11.5 Å². The third kappa shape index (κ3) is 3.66. The summed E-state index contributed by atoms with van der Waals surface area (Å²) in [7, 11) is 1.54. The van der Waals surface area contributed by atoms with E-state index in [9.17, 15) is 14.7 Å². The highest BCUT2D eigenvalue weighted by molar-refractivity contribution is 6.51. The number of furan rings is 1. The minimum absolute atomic E-state index is 0.0491. The third-order valence-corrected chi connectivity index (χ3v) is 5.03. The van der Waals surface area contributed by atoms with E-state index in [4.69, 9.17) is 13.9 Å². The van der Waals surface area contributed by atoms with Gasteiger partial charge in [0.2, 0.25) is 0 Å². The van der Waals surface area contributed by atoms with Crippen LogP contribution in [0, 0.1) is 0 Å². The van der Waals surface area contributed by atoms with Crippen molar-refractivity contribution in [2.75, 3.05) is 18.6 Å². The summed E-state index contributed by atoms with van der Waals surface area (Å²) in [6.45, 7) is 2.32. The Hall–Kier alpha value is -4.00. The van der Waals surface area contributed by atoms with Gasteiger partial charge in [-0.25, -0.2) is 0 Å². The number of amides is 1. The van der Waals surface area contributed by atoms with E-state index in [1.807, 2.05) is 6.92 Å². The second-order valence-corrected chi connectivity index (χ2v) is 6.84. The van der Waals surface area contributed by atoms with Gasteiger partial charge in [-0.3, -0.25) is 14.5 Å². The zero-order valence-electron chi connectivity index (χ0n) is 17.1. The first-order chi connectivity index (χ1) is 15.0. The van der Waals surface area contributed by atoms with Crippen molar-refractivity contribution in [3.63, 3.8) is 0 Å². The number of nitrogens with zero attached hydrogens (tertiary/aromatic N) is 1. The van der Waals surface area contributed by atoms with Crippen molar-refractivity contribution >= 4 is 23.1 Å². The number of anilines is 1. The Morgan fingerprint density at radius 2 is 1.84 bits per heavy atom. The number of ether oxygens (including phenoxy) is 2. The van der Waals surface area contributed by atoms with Gasteiger partial charge in [0.15, 0.2) is 0 Å². The quantitative estimate of drug-likeness (QED) is 0.364. The molecule has 0 radical (unpaired) electrons. The number of aliphatic hydroxyl groups is 1. The van der Waals surface area contributed by atoms with Crippen LogP contribution in [0.5, 0.6) is 11.5 Å². The monoisotopic (exact) mass is 419 g/mol. The van der Waals surface area contributed by atoms with Gasteiger partial charge in [0, 0.05) is 17.3 Å². The first kappa shape index (κ1) is 20.3. The molecule has 1 saturated heterocycles. The summed E-state index contributed by atoms with van der Waals surface area (Å²) in [5.74, 6) is -0.314. The normalized spacial score (nSPS) is 17.7. The lowest BCUT2D eigenvalue weighted by Gasteiger charge is -2.23. The molecule has 1 N–H and O–H groups in total. The zero-order valence-corrected chi connectivity index (χ0v) is 17.1. The minimum atomic E-state index is -0.922. The average Bonchev–Trinajstić information content (AvgIpc) is 3.41. The fraction of sp³-hybridized carbons (Fsp3) is 0.167. The van der Waals surface area contributed by atoms with Crippen molar-refractivity contribution in [2.24, 2.45) is 0 Å². The van der Waals surface area contributed by atoms with Crippen LogP contribution in [0.2, 0.25) is 0 Å². The highest BCUT2D eigenvalue weighted by Gasteiger charge is 2.48. The predicted octanol–water partition coefficient (Wildman–Crippen LogP) is 4.31. The fourth-order valence-corrected chi connectivity index (χ4v) is 3.61. The number of carbonyl (C=O) groups excluding carboxylic acids is 2. The SMILES string of the molecule is CCOc1cccc(N2C(=O)C(=O)/C(=C(\O)c3ccc(OC)cc3)C2c2ccco2)c1. The third-order valence-electron chi connectivity index (χ3n) is 5.03. The van der Waals surface area contributed by atoms with E-state index < -0.39 is 17.7 Å². The molecule has 3 aromatic rings. The van der Waals surface area contributed by atoms with Crippen molar-refractivity contribution in [1.82, 2.24) is 0 Å². The molecule has 7 nitrogen and oxygen atoms in total. The van der Waals surface area contributed by atoms with Crippen LogP contribution in [0.25, 0.3) is 5.76 Å².